The summed E-state index contributed by atoms with van der Waals surface area (Å²) < 4.78 is 35.1. The van der Waals surface area contributed by atoms with Gasteiger partial charge in [-0.2, -0.15) is 0 Å². The smallest absolute Gasteiger partial charge is 0.241 e. The van der Waals surface area contributed by atoms with Gasteiger partial charge in [-0.15, -0.1) is 0 Å². The van der Waals surface area contributed by atoms with Crippen molar-refractivity contribution < 1.29 is 17.9 Å². The zero-order valence-corrected chi connectivity index (χ0v) is 24.0. The van der Waals surface area contributed by atoms with Gasteiger partial charge < -0.3 is 15.0 Å². The maximum atomic E-state index is 13.3. The quantitative estimate of drug-likeness (QED) is 0.346. The molecule has 7 nitrogen and oxygen atoms in total. The zero-order chi connectivity index (χ0) is 28.0. The fraction of sp³-hybridized carbons (Fsp3) is 0.387. The highest BCUT2D eigenvalue weighted by molar-refractivity contribution is 7.89. The van der Waals surface area contributed by atoms with E-state index < -0.39 is 16.1 Å². The molecule has 1 heterocycles. The van der Waals surface area contributed by atoms with E-state index in [0.29, 0.717) is 18.9 Å². The van der Waals surface area contributed by atoms with Gasteiger partial charge in [0.15, 0.2) is 0 Å². The van der Waals surface area contributed by atoms with Crippen LogP contribution in [0.5, 0.6) is 5.75 Å². The van der Waals surface area contributed by atoms with Crippen LogP contribution in [0.4, 0.5) is 0 Å². The van der Waals surface area contributed by atoms with Gasteiger partial charge in [-0.05, 0) is 54.8 Å². The molecule has 1 aliphatic heterocycles. The number of carbonyl (C=O) groups is 1. The number of hydrogen-bond donors (Lipinski definition) is 2. The van der Waals surface area contributed by atoms with Crippen LogP contribution in [0.25, 0.3) is 0 Å². The molecule has 0 aliphatic carbocycles. The third kappa shape index (κ3) is 7.91. The Balaban J connectivity index is 1.48. The highest BCUT2D eigenvalue weighted by Crippen LogP contribution is 2.33. The third-order valence-corrected chi connectivity index (χ3v) is 8.24. The van der Waals surface area contributed by atoms with Gasteiger partial charge in [-0.25, -0.2) is 13.1 Å². The lowest BCUT2D eigenvalue weighted by Gasteiger charge is -2.28. The van der Waals surface area contributed by atoms with E-state index in [1.807, 2.05) is 49.4 Å². The molecule has 0 fully saturated rings. The van der Waals surface area contributed by atoms with Crippen LogP contribution in [0.1, 0.15) is 61.0 Å². The number of nitrogens with one attached hydrogen (secondary N) is 2. The fourth-order valence-electron chi connectivity index (χ4n) is 5.07. The maximum absolute atomic E-state index is 13.3. The number of benzene rings is 3. The average Bonchev–Trinajstić information content (AvgIpc) is 2.88. The SMILES string of the molecule is Cc1cccc(S(=O)(=O)NC(CC(=O)NC2CCOc3cc(CN(C)CC(C)C)ccc32)c2ccccc2)c1. The zero-order valence-electron chi connectivity index (χ0n) is 23.2. The van der Waals surface area contributed by atoms with Crippen molar-refractivity contribution in [2.24, 2.45) is 5.92 Å². The van der Waals surface area contributed by atoms with Gasteiger partial charge in [0, 0.05) is 31.5 Å². The standard InChI is InChI=1S/C31H39N3O4S/c1-22(2)20-34(4)21-24-13-14-27-28(15-16-38-30(27)18-24)32-31(35)19-29(25-10-6-5-7-11-25)33-39(36,37)26-12-8-9-23(3)17-26/h5-14,17-18,22,28-29,33H,15-16,19-21H2,1-4H3,(H,32,35). The molecule has 0 bridgehead atoms. The Labute approximate surface area is 232 Å². The minimum atomic E-state index is -3.83. The Bertz CT molecular complexity index is 1380. The number of rotatable bonds is 11. The van der Waals surface area contributed by atoms with Crippen molar-refractivity contribution in [3.05, 3.63) is 95.1 Å². The Morgan fingerprint density at radius 1 is 1.05 bits per heavy atom. The number of fused-ring (bicyclic) bond motifs is 1. The fourth-order valence-corrected chi connectivity index (χ4v) is 6.40. The van der Waals surface area contributed by atoms with Crippen molar-refractivity contribution in [3.8, 4) is 5.75 Å². The van der Waals surface area contributed by atoms with Crippen molar-refractivity contribution in [3.63, 3.8) is 0 Å². The molecule has 2 N–H and O–H groups in total. The predicted molar refractivity (Wildman–Crippen MR) is 154 cm³/mol. The summed E-state index contributed by atoms with van der Waals surface area (Å²) in [6.45, 7) is 8.59. The largest absolute Gasteiger partial charge is 0.493 e. The minimum absolute atomic E-state index is 0.0279. The topological polar surface area (TPSA) is 87.7 Å². The Hall–Kier alpha value is -3.20. The van der Waals surface area contributed by atoms with Crippen LogP contribution in [0.2, 0.25) is 0 Å². The summed E-state index contributed by atoms with van der Waals surface area (Å²) in [7, 11) is -1.72. The summed E-state index contributed by atoms with van der Waals surface area (Å²) in [6, 6.07) is 21.2. The van der Waals surface area contributed by atoms with Crippen molar-refractivity contribution in [2.75, 3.05) is 20.2 Å². The molecule has 39 heavy (non-hydrogen) atoms. The lowest BCUT2D eigenvalue weighted by molar-refractivity contribution is -0.122. The molecule has 4 rings (SSSR count). The van der Waals surface area contributed by atoms with Crippen molar-refractivity contribution in [2.45, 2.75) is 57.1 Å². The van der Waals surface area contributed by atoms with E-state index in [2.05, 4.69) is 48.0 Å². The number of carbonyl (C=O) groups excluding carboxylic acids is 1. The summed E-state index contributed by atoms with van der Waals surface area (Å²) in [5.41, 5.74) is 3.69. The van der Waals surface area contributed by atoms with Crippen LogP contribution in [-0.2, 0) is 21.4 Å². The van der Waals surface area contributed by atoms with Crippen LogP contribution >= 0.6 is 0 Å². The summed E-state index contributed by atoms with van der Waals surface area (Å²) in [4.78, 5) is 15.8. The number of sulfonamides is 1. The summed E-state index contributed by atoms with van der Waals surface area (Å²) in [6.07, 6.45) is 0.621. The number of nitrogens with zero attached hydrogens (tertiary/aromatic N) is 1. The first-order chi connectivity index (χ1) is 18.6. The van der Waals surface area contributed by atoms with Gasteiger partial charge in [0.05, 0.1) is 23.6 Å². The Morgan fingerprint density at radius 3 is 2.54 bits per heavy atom. The second-order valence-electron chi connectivity index (χ2n) is 10.8. The van der Waals surface area contributed by atoms with E-state index in [1.165, 1.54) is 5.56 Å². The number of hydrogen-bond acceptors (Lipinski definition) is 5. The van der Waals surface area contributed by atoms with Gasteiger partial charge >= 0.3 is 0 Å². The summed E-state index contributed by atoms with van der Waals surface area (Å²) in [5.74, 6) is 1.15. The van der Waals surface area contributed by atoms with Gasteiger partial charge in [0.2, 0.25) is 15.9 Å². The molecule has 8 heteroatoms. The first-order valence-corrected chi connectivity index (χ1v) is 15.0. The van der Waals surface area contributed by atoms with E-state index in [-0.39, 0.29) is 23.3 Å². The second-order valence-corrected chi connectivity index (χ2v) is 12.5. The Morgan fingerprint density at radius 2 is 1.82 bits per heavy atom. The molecule has 1 aliphatic rings. The molecule has 2 unspecified atom stereocenters. The molecular formula is C31H39N3O4S. The number of aryl methyl sites for hydroxylation is 1. The van der Waals surface area contributed by atoms with Gasteiger partial charge in [-0.3, -0.25) is 4.79 Å². The molecule has 3 aromatic carbocycles. The van der Waals surface area contributed by atoms with Crippen molar-refractivity contribution in [1.29, 1.82) is 0 Å². The van der Waals surface area contributed by atoms with Gasteiger partial charge in [0.25, 0.3) is 0 Å². The van der Waals surface area contributed by atoms with E-state index in [1.54, 1.807) is 18.2 Å². The normalized spacial score (nSPS) is 16.0. The van der Waals surface area contributed by atoms with Crippen LogP contribution in [0, 0.1) is 12.8 Å². The average molecular weight is 550 g/mol. The molecule has 0 radical (unpaired) electrons. The predicted octanol–water partition coefficient (Wildman–Crippen LogP) is 5.13. The van der Waals surface area contributed by atoms with E-state index in [9.17, 15) is 13.2 Å². The van der Waals surface area contributed by atoms with Gasteiger partial charge in [-0.1, -0.05) is 68.4 Å². The van der Waals surface area contributed by atoms with E-state index >= 15 is 0 Å². The van der Waals surface area contributed by atoms with Crippen LogP contribution < -0.4 is 14.8 Å². The molecule has 208 valence electrons. The summed E-state index contributed by atoms with van der Waals surface area (Å²) in [5, 5.41) is 3.13. The molecule has 0 aromatic heterocycles. The number of ether oxygens (including phenoxy) is 1. The van der Waals surface area contributed by atoms with E-state index in [0.717, 1.165) is 35.5 Å². The van der Waals surface area contributed by atoms with Crippen molar-refractivity contribution >= 4 is 15.9 Å². The first-order valence-electron chi connectivity index (χ1n) is 13.5. The third-order valence-electron chi connectivity index (χ3n) is 6.77. The molecule has 2 atom stereocenters. The molecule has 1 amide bonds. The number of amides is 1. The highest BCUT2D eigenvalue weighted by Gasteiger charge is 2.27. The minimum Gasteiger partial charge on any atom is -0.493 e. The summed E-state index contributed by atoms with van der Waals surface area (Å²) >= 11 is 0. The first kappa shape index (κ1) is 28.8. The molecular weight excluding hydrogens is 510 g/mol. The Kier molecular flexibility index (Phi) is 9.43. The molecule has 3 aromatic rings. The molecule has 0 saturated carbocycles. The van der Waals surface area contributed by atoms with E-state index in [4.69, 9.17) is 4.74 Å². The van der Waals surface area contributed by atoms with Crippen LogP contribution in [0.15, 0.2) is 77.7 Å². The van der Waals surface area contributed by atoms with Crippen LogP contribution in [-0.4, -0.2) is 39.4 Å². The lowest BCUT2D eigenvalue weighted by atomic mass is 9.97. The maximum Gasteiger partial charge on any atom is 0.241 e. The van der Waals surface area contributed by atoms with Gasteiger partial charge in [0.1, 0.15) is 5.75 Å². The second kappa shape index (κ2) is 12.8. The van der Waals surface area contributed by atoms with Crippen LogP contribution in [0.3, 0.4) is 0 Å². The van der Waals surface area contributed by atoms with Crippen molar-refractivity contribution in [1.82, 2.24) is 14.9 Å². The highest BCUT2D eigenvalue weighted by atomic mass is 32.2. The molecule has 0 spiro atoms. The lowest BCUT2D eigenvalue weighted by Crippen LogP contribution is -2.36. The monoisotopic (exact) mass is 549 g/mol. The molecule has 0 saturated heterocycles.